The molecule has 0 aromatic heterocycles. The molecule has 0 aliphatic heterocycles. The second-order valence-corrected chi connectivity index (χ2v) is 9.48. The van der Waals surface area contributed by atoms with Gasteiger partial charge in [-0.25, -0.2) is 4.79 Å². The van der Waals surface area contributed by atoms with Crippen molar-refractivity contribution in [3.05, 3.63) is 59.7 Å². The van der Waals surface area contributed by atoms with E-state index < -0.39 is 12.1 Å². The third-order valence-corrected chi connectivity index (χ3v) is 6.86. The number of hydrogen-bond acceptors (Lipinski definition) is 4. The van der Waals surface area contributed by atoms with E-state index in [1.54, 1.807) is 6.92 Å². The molecule has 7 heteroatoms. The van der Waals surface area contributed by atoms with Crippen molar-refractivity contribution in [2.45, 2.75) is 51.0 Å². The van der Waals surface area contributed by atoms with Gasteiger partial charge in [0.05, 0.1) is 0 Å². The number of alkyl carbamates (subject to hydrolysis) is 1. The number of ether oxygens (including phenoxy) is 1. The van der Waals surface area contributed by atoms with Gasteiger partial charge in [-0.3, -0.25) is 9.59 Å². The lowest BCUT2D eigenvalue weighted by Crippen LogP contribution is -2.43. The first kappa shape index (κ1) is 23.8. The Bertz CT molecular complexity index is 1010. The molecule has 2 aromatic carbocycles. The van der Waals surface area contributed by atoms with Crippen LogP contribution in [0.5, 0.6) is 0 Å². The number of amides is 2. The van der Waals surface area contributed by atoms with E-state index in [1.807, 2.05) is 24.3 Å². The fourth-order valence-electron chi connectivity index (χ4n) is 5.16. The normalized spacial score (nSPS) is 20.0. The Labute approximate surface area is 199 Å². The standard InChI is InChI=1S/C27H32N2O5/c1-17(13-25(30)31)15-28-26(32)18-7-6-8-19(14-18)29-27(33)34-16-24-22-11-4-2-9-20(22)21-10-3-5-12-23(21)24/h2-5,9-12,17-19,24H,6-8,13-16H2,1H3,(H,28,32)(H,29,33)(H,30,31)/t17?,18-,19+/m1/s1. The predicted molar refractivity (Wildman–Crippen MR) is 128 cm³/mol. The molecule has 2 amide bonds. The number of carboxylic acid groups (broad SMARTS) is 1. The average molecular weight is 465 g/mol. The van der Waals surface area contributed by atoms with E-state index in [-0.39, 0.29) is 42.7 Å². The molecule has 0 radical (unpaired) electrons. The number of rotatable bonds is 8. The molecule has 0 bridgehead atoms. The van der Waals surface area contributed by atoms with Crippen molar-refractivity contribution in [1.82, 2.24) is 10.6 Å². The predicted octanol–water partition coefficient (Wildman–Crippen LogP) is 4.31. The van der Waals surface area contributed by atoms with Crippen LogP contribution in [0, 0.1) is 11.8 Å². The zero-order valence-electron chi connectivity index (χ0n) is 19.5. The van der Waals surface area contributed by atoms with E-state index in [4.69, 9.17) is 9.84 Å². The van der Waals surface area contributed by atoms with Gasteiger partial charge in [-0.2, -0.15) is 0 Å². The fraction of sp³-hybridized carbons (Fsp3) is 0.444. The Morgan fingerprint density at radius 3 is 2.32 bits per heavy atom. The number of carbonyl (C=O) groups excluding carboxylic acids is 2. The van der Waals surface area contributed by atoms with Gasteiger partial charge >= 0.3 is 12.1 Å². The molecule has 7 nitrogen and oxygen atoms in total. The van der Waals surface area contributed by atoms with Gasteiger partial charge in [-0.1, -0.05) is 61.9 Å². The van der Waals surface area contributed by atoms with Crippen LogP contribution < -0.4 is 10.6 Å². The van der Waals surface area contributed by atoms with Crippen LogP contribution in [0.4, 0.5) is 4.79 Å². The maximum Gasteiger partial charge on any atom is 0.407 e. The monoisotopic (exact) mass is 464 g/mol. The minimum absolute atomic E-state index is 0.0100. The molecule has 0 saturated heterocycles. The average Bonchev–Trinajstić information content (AvgIpc) is 3.15. The second-order valence-electron chi connectivity index (χ2n) is 9.48. The van der Waals surface area contributed by atoms with Gasteiger partial charge in [0.1, 0.15) is 6.61 Å². The highest BCUT2D eigenvalue weighted by Crippen LogP contribution is 2.44. The molecule has 2 aromatic rings. The molecular formula is C27H32N2O5. The van der Waals surface area contributed by atoms with E-state index >= 15 is 0 Å². The maximum absolute atomic E-state index is 12.6. The highest BCUT2D eigenvalue weighted by atomic mass is 16.5. The van der Waals surface area contributed by atoms with Crippen molar-refractivity contribution in [3.8, 4) is 11.1 Å². The van der Waals surface area contributed by atoms with Crippen LogP contribution in [-0.2, 0) is 14.3 Å². The first-order chi connectivity index (χ1) is 16.4. The largest absolute Gasteiger partial charge is 0.481 e. The van der Waals surface area contributed by atoms with E-state index in [0.29, 0.717) is 13.0 Å². The minimum Gasteiger partial charge on any atom is -0.481 e. The van der Waals surface area contributed by atoms with E-state index in [0.717, 1.165) is 19.3 Å². The SMILES string of the molecule is CC(CNC(=O)[C@@H]1CCC[C@H](NC(=O)OCC2c3ccccc3-c3ccccc32)C1)CC(=O)O. The highest BCUT2D eigenvalue weighted by Gasteiger charge is 2.31. The van der Waals surface area contributed by atoms with Crippen molar-refractivity contribution < 1.29 is 24.2 Å². The van der Waals surface area contributed by atoms with Gasteiger partial charge in [-0.05, 0) is 47.4 Å². The van der Waals surface area contributed by atoms with Crippen molar-refractivity contribution in [2.24, 2.45) is 11.8 Å². The molecule has 180 valence electrons. The van der Waals surface area contributed by atoms with E-state index in [1.165, 1.54) is 22.3 Å². The van der Waals surface area contributed by atoms with Gasteiger partial charge < -0.3 is 20.5 Å². The van der Waals surface area contributed by atoms with Crippen molar-refractivity contribution in [3.63, 3.8) is 0 Å². The van der Waals surface area contributed by atoms with Crippen LogP contribution in [0.2, 0.25) is 0 Å². The molecule has 0 spiro atoms. The fourth-order valence-corrected chi connectivity index (χ4v) is 5.16. The number of fused-ring (bicyclic) bond motifs is 3. The van der Waals surface area contributed by atoms with Gasteiger partial charge in [-0.15, -0.1) is 0 Å². The molecule has 34 heavy (non-hydrogen) atoms. The highest BCUT2D eigenvalue weighted by molar-refractivity contribution is 5.80. The van der Waals surface area contributed by atoms with Crippen LogP contribution in [-0.4, -0.2) is 42.3 Å². The topological polar surface area (TPSA) is 105 Å². The number of aliphatic carboxylic acids is 1. The Morgan fingerprint density at radius 2 is 1.68 bits per heavy atom. The Hall–Kier alpha value is -3.35. The second kappa shape index (κ2) is 10.7. The van der Waals surface area contributed by atoms with E-state index in [2.05, 4.69) is 34.9 Å². The van der Waals surface area contributed by atoms with Gasteiger partial charge in [0.2, 0.25) is 5.91 Å². The minimum atomic E-state index is -0.869. The molecule has 4 rings (SSSR count). The number of carbonyl (C=O) groups is 3. The summed E-state index contributed by atoms with van der Waals surface area (Å²) in [6.45, 7) is 2.40. The van der Waals surface area contributed by atoms with Crippen LogP contribution in [0.25, 0.3) is 11.1 Å². The first-order valence-electron chi connectivity index (χ1n) is 12.0. The summed E-state index contributed by atoms with van der Waals surface area (Å²) in [5, 5.41) is 14.7. The third-order valence-electron chi connectivity index (χ3n) is 6.86. The van der Waals surface area contributed by atoms with Crippen LogP contribution in [0.3, 0.4) is 0 Å². The quantitative estimate of drug-likeness (QED) is 0.540. The van der Waals surface area contributed by atoms with Gasteiger partial charge in [0.15, 0.2) is 0 Å². The van der Waals surface area contributed by atoms with Crippen LogP contribution in [0.15, 0.2) is 48.5 Å². The van der Waals surface area contributed by atoms with Crippen molar-refractivity contribution in [2.75, 3.05) is 13.2 Å². The summed E-state index contributed by atoms with van der Waals surface area (Å²) < 4.78 is 5.65. The van der Waals surface area contributed by atoms with E-state index in [9.17, 15) is 14.4 Å². The van der Waals surface area contributed by atoms with Crippen molar-refractivity contribution >= 4 is 18.0 Å². The summed E-state index contributed by atoms with van der Waals surface area (Å²) in [6.07, 6.45) is 2.55. The molecular weight excluding hydrogens is 432 g/mol. The molecule has 1 unspecified atom stereocenters. The number of benzene rings is 2. The zero-order chi connectivity index (χ0) is 24.1. The molecule has 1 saturated carbocycles. The molecule has 2 aliphatic rings. The number of hydrogen-bond donors (Lipinski definition) is 3. The molecule has 2 aliphatic carbocycles. The Kier molecular flexibility index (Phi) is 7.50. The first-order valence-corrected chi connectivity index (χ1v) is 12.0. The molecule has 3 N–H and O–H groups in total. The molecule has 0 heterocycles. The Morgan fingerprint density at radius 1 is 1.03 bits per heavy atom. The van der Waals surface area contributed by atoms with Crippen molar-refractivity contribution in [1.29, 1.82) is 0 Å². The summed E-state index contributed by atoms with van der Waals surface area (Å²) in [4.78, 5) is 35.9. The smallest absolute Gasteiger partial charge is 0.407 e. The lowest BCUT2D eigenvalue weighted by atomic mass is 9.85. The number of nitrogens with one attached hydrogen (secondary N) is 2. The Balaban J connectivity index is 1.27. The van der Waals surface area contributed by atoms with Crippen LogP contribution in [0.1, 0.15) is 56.1 Å². The summed E-state index contributed by atoms with van der Waals surface area (Å²) in [5.41, 5.74) is 4.71. The van der Waals surface area contributed by atoms with Gasteiger partial charge in [0, 0.05) is 30.8 Å². The molecule has 3 atom stereocenters. The molecule has 1 fully saturated rings. The maximum atomic E-state index is 12.6. The number of carboxylic acids is 1. The van der Waals surface area contributed by atoms with Crippen LogP contribution >= 0.6 is 0 Å². The third kappa shape index (κ3) is 5.58. The van der Waals surface area contributed by atoms with Gasteiger partial charge in [0.25, 0.3) is 0 Å². The summed E-state index contributed by atoms with van der Waals surface area (Å²) in [5.74, 6) is -1.25. The summed E-state index contributed by atoms with van der Waals surface area (Å²) >= 11 is 0. The summed E-state index contributed by atoms with van der Waals surface area (Å²) in [6, 6.07) is 16.3. The lowest BCUT2D eigenvalue weighted by Gasteiger charge is -2.29. The lowest BCUT2D eigenvalue weighted by molar-refractivity contribution is -0.138. The zero-order valence-corrected chi connectivity index (χ0v) is 19.5. The summed E-state index contributed by atoms with van der Waals surface area (Å²) in [7, 11) is 0.